The van der Waals surface area contributed by atoms with Gasteiger partial charge in [0.1, 0.15) is 6.10 Å². The van der Waals surface area contributed by atoms with E-state index in [-0.39, 0.29) is 17.6 Å². The molecule has 1 aromatic rings. The van der Waals surface area contributed by atoms with E-state index in [4.69, 9.17) is 4.74 Å². The van der Waals surface area contributed by atoms with Gasteiger partial charge in [-0.3, -0.25) is 0 Å². The number of benzene rings is 1. The van der Waals surface area contributed by atoms with Gasteiger partial charge >= 0.3 is 6.09 Å². The quantitative estimate of drug-likeness (QED) is 0.781. The number of hydrogen-bond acceptors (Lipinski definition) is 2. The molecule has 3 rings (SSSR count). The molecule has 3 atom stereocenters. The van der Waals surface area contributed by atoms with Crippen LogP contribution >= 0.6 is 0 Å². The molecule has 1 amide bonds. The summed E-state index contributed by atoms with van der Waals surface area (Å²) in [6.45, 7) is 8.60. The first-order valence-corrected chi connectivity index (χ1v) is 9.49. The van der Waals surface area contributed by atoms with Crippen molar-refractivity contribution in [1.82, 2.24) is 4.90 Å². The zero-order valence-electron chi connectivity index (χ0n) is 15.3. The van der Waals surface area contributed by atoms with Crippen LogP contribution in [0.2, 0.25) is 0 Å². The molecule has 1 aliphatic carbocycles. The SMILES string of the molecule is C[C@@H]1CC[C@@H](C(C)(C)c2ccccc2)[C@H](OC(=O)N2CCCC2)C1. The van der Waals surface area contributed by atoms with Gasteiger partial charge in [0.05, 0.1) is 0 Å². The molecule has 1 saturated carbocycles. The summed E-state index contributed by atoms with van der Waals surface area (Å²) in [5.74, 6) is 1.01. The van der Waals surface area contributed by atoms with Gasteiger partial charge in [0.25, 0.3) is 0 Å². The summed E-state index contributed by atoms with van der Waals surface area (Å²) >= 11 is 0. The van der Waals surface area contributed by atoms with Crippen molar-refractivity contribution >= 4 is 6.09 Å². The zero-order valence-corrected chi connectivity index (χ0v) is 15.3. The van der Waals surface area contributed by atoms with Gasteiger partial charge in [-0.15, -0.1) is 0 Å². The number of nitrogens with zero attached hydrogens (tertiary/aromatic N) is 1. The van der Waals surface area contributed by atoms with E-state index in [1.807, 2.05) is 4.90 Å². The highest BCUT2D eigenvalue weighted by Gasteiger charge is 2.42. The Labute approximate surface area is 146 Å². The molecule has 1 heterocycles. The van der Waals surface area contributed by atoms with E-state index in [0.29, 0.717) is 11.8 Å². The number of amides is 1. The molecule has 0 bridgehead atoms. The van der Waals surface area contributed by atoms with Crippen LogP contribution in [-0.2, 0) is 10.2 Å². The van der Waals surface area contributed by atoms with Gasteiger partial charge in [0, 0.05) is 19.0 Å². The lowest BCUT2D eigenvalue weighted by atomic mass is 9.64. The third-order valence-corrected chi connectivity index (χ3v) is 6.12. The predicted molar refractivity (Wildman–Crippen MR) is 97.0 cm³/mol. The van der Waals surface area contributed by atoms with Crippen molar-refractivity contribution in [1.29, 1.82) is 0 Å². The van der Waals surface area contributed by atoms with Crippen molar-refractivity contribution < 1.29 is 9.53 Å². The van der Waals surface area contributed by atoms with Crippen LogP contribution in [0.15, 0.2) is 30.3 Å². The Morgan fingerprint density at radius 2 is 1.79 bits per heavy atom. The molecule has 0 radical (unpaired) electrons. The van der Waals surface area contributed by atoms with E-state index in [2.05, 4.69) is 51.1 Å². The van der Waals surface area contributed by atoms with E-state index < -0.39 is 0 Å². The van der Waals surface area contributed by atoms with Crippen LogP contribution in [0.1, 0.15) is 58.4 Å². The lowest BCUT2D eigenvalue weighted by molar-refractivity contribution is -0.0158. The van der Waals surface area contributed by atoms with Crippen molar-refractivity contribution in [2.75, 3.05) is 13.1 Å². The van der Waals surface area contributed by atoms with Crippen LogP contribution in [0.4, 0.5) is 4.79 Å². The average molecular weight is 329 g/mol. The number of ether oxygens (including phenoxy) is 1. The molecule has 2 fully saturated rings. The van der Waals surface area contributed by atoms with Crippen molar-refractivity contribution in [3.8, 4) is 0 Å². The van der Waals surface area contributed by atoms with E-state index >= 15 is 0 Å². The Bertz CT molecular complexity index is 548. The molecule has 1 saturated heterocycles. The van der Waals surface area contributed by atoms with Crippen LogP contribution in [-0.4, -0.2) is 30.2 Å². The number of likely N-dealkylation sites (tertiary alicyclic amines) is 1. The molecular formula is C21H31NO2. The molecule has 3 heteroatoms. The summed E-state index contributed by atoms with van der Waals surface area (Å²) < 4.78 is 6.05. The lowest BCUT2D eigenvalue weighted by Crippen LogP contribution is -2.45. The fraction of sp³-hybridized carbons (Fsp3) is 0.667. The standard InChI is InChI=1S/C21H31NO2/c1-16-11-12-18(21(2,3)17-9-5-4-6-10-17)19(15-16)24-20(23)22-13-7-8-14-22/h4-6,9-10,16,18-19H,7-8,11-15H2,1-3H3/t16-,18-,19-/m1/s1. The van der Waals surface area contributed by atoms with Crippen LogP contribution in [0.25, 0.3) is 0 Å². The van der Waals surface area contributed by atoms with Crippen molar-refractivity contribution in [3.05, 3.63) is 35.9 Å². The molecule has 0 aromatic heterocycles. The van der Waals surface area contributed by atoms with Gasteiger partial charge in [0.15, 0.2) is 0 Å². The maximum Gasteiger partial charge on any atom is 0.410 e. The highest BCUT2D eigenvalue weighted by atomic mass is 16.6. The summed E-state index contributed by atoms with van der Waals surface area (Å²) in [5, 5.41) is 0. The van der Waals surface area contributed by atoms with Gasteiger partial charge < -0.3 is 9.64 Å². The van der Waals surface area contributed by atoms with Gasteiger partial charge in [-0.2, -0.15) is 0 Å². The topological polar surface area (TPSA) is 29.5 Å². The van der Waals surface area contributed by atoms with Gasteiger partial charge in [0.2, 0.25) is 0 Å². The average Bonchev–Trinajstić information content (AvgIpc) is 3.10. The minimum absolute atomic E-state index is 0.0113. The Morgan fingerprint density at radius 1 is 1.12 bits per heavy atom. The monoisotopic (exact) mass is 329 g/mol. The molecule has 0 N–H and O–H groups in total. The van der Waals surface area contributed by atoms with Crippen LogP contribution < -0.4 is 0 Å². The highest BCUT2D eigenvalue weighted by Crippen LogP contribution is 2.43. The second kappa shape index (κ2) is 7.16. The Balaban J connectivity index is 1.77. The molecule has 0 spiro atoms. The molecular weight excluding hydrogens is 298 g/mol. The highest BCUT2D eigenvalue weighted by molar-refractivity contribution is 5.68. The molecule has 2 aliphatic rings. The number of carbonyl (C=O) groups is 1. The van der Waals surface area contributed by atoms with E-state index in [9.17, 15) is 4.79 Å². The summed E-state index contributed by atoms with van der Waals surface area (Å²) in [6, 6.07) is 10.7. The first-order valence-electron chi connectivity index (χ1n) is 9.49. The second-order valence-corrected chi connectivity index (χ2v) is 8.23. The normalized spacial score (nSPS) is 28.0. The lowest BCUT2D eigenvalue weighted by Gasteiger charge is -2.44. The summed E-state index contributed by atoms with van der Waals surface area (Å²) in [6.07, 6.45) is 5.47. The maximum atomic E-state index is 12.5. The molecule has 132 valence electrons. The van der Waals surface area contributed by atoms with E-state index in [1.54, 1.807) is 0 Å². The Morgan fingerprint density at radius 3 is 2.46 bits per heavy atom. The smallest absolute Gasteiger partial charge is 0.410 e. The third-order valence-electron chi connectivity index (χ3n) is 6.12. The second-order valence-electron chi connectivity index (χ2n) is 8.23. The van der Waals surface area contributed by atoms with Crippen molar-refractivity contribution in [2.24, 2.45) is 11.8 Å². The summed E-state index contributed by atoms with van der Waals surface area (Å²) in [4.78, 5) is 14.4. The Hall–Kier alpha value is -1.51. The van der Waals surface area contributed by atoms with Gasteiger partial charge in [-0.25, -0.2) is 4.79 Å². The minimum Gasteiger partial charge on any atom is -0.446 e. The first-order chi connectivity index (χ1) is 11.5. The van der Waals surface area contributed by atoms with E-state index in [0.717, 1.165) is 38.8 Å². The van der Waals surface area contributed by atoms with Crippen LogP contribution in [0.3, 0.4) is 0 Å². The molecule has 0 unspecified atom stereocenters. The first kappa shape index (κ1) is 17.3. The fourth-order valence-corrected chi connectivity index (χ4v) is 4.47. The predicted octanol–water partition coefficient (Wildman–Crippen LogP) is 5.00. The van der Waals surface area contributed by atoms with Crippen LogP contribution in [0.5, 0.6) is 0 Å². The minimum atomic E-state index is -0.0968. The van der Waals surface area contributed by atoms with Crippen molar-refractivity contribution in [2.45, 2.75) is 64.4 Å². The number of carbonyl (C=O) groups excluding carboxylic acids is 1. The number of rotatable bonds is 3. The molecule has 1 aromatic carbocycles. The molecule has 3 nitrogen and oxygen atoms in total. The summed E-state index contributed by atoms with van der Waals surface area (Å²) in [5.41, 5.74) is 1.35. The molecule has 24 heavy (non-hydrogen) atoms. The largest absolute Gasteiger partial charge is 0.446 e. The van der Waals surface area contributed by atoms with Crippen LogP contribution in [0, 0.1) is 11.8 Å². The van der Waals surface area contributed by atoms with Gasteiger partial charge in [-0.05, 0) is 42.6 Å². The van der Waals surface area contributed by atoms with Crippen molar-refractivity contribution in [3.63, 3.8) is 0 Å². The number of hydrogen-bond donors (Lipinski definition) is 0. The molecule has 1 aliphatic heterocycles. The fourth-order valence-electron chi connectivity index (χ4n) is 4.47. The Kier molecular flexibility index (Phi) is 5.17. The zero-order chi connectivity index (χ0) is 17.2. The summed E-state index contributed by atoms with van der Waals surface area (Å²) in [7, 11) is 0. The third kappa shape index (κ3) is 3.60. The van der Waals surface area contributed by atoms with Gasteiger partial charge in [-0.1, -0.05) is 57.5 Å². The maximum absolute atomic E-state index is 12.5. The van der Waals surface area contributed by atoms with E-state index in [1.165, 1.54) is 12.0 Å².